The normalized spacial score (nSPS) is 10.5. The molecule has 0 aliphatic carbocycles. The quantitative estimate of drug-likeness (QED) is 0.512. The molecule has 1 amide bonds. The second-order valence-electron chi connectivity index (χ2n) is 5.53. The minimum absolute atomic E-state index is 0.145. The van der Waals surface area contributed by atoms with E-state index in [1.165, 1.54) is 11.8 Å². The summed E-state index contributed by atoms with van der Waals surface area (Å²) in [6.07, 6.45) is 0. The highest BCUT2D eigenvalue weighted by Gasteiger charge is 2.14. The molecule has 0 saturated carbocycles. The molecule has 8 heteroatoms. The summed E-state index contributed by atoms with van der Waals surface area (Å²) in [5.74, 6) is 1.38. The first-order valence-electron chi connectivity index (χ1n) is 7.89. The van der Waals surface area contributed by atoms with E-state index in [0.29, 0.717) is 28.1 Å². The van der Waals surface area contributed by atoms with Gasteiger partial charge in [-0.25, -0.2) is 0 Å². The van der Waals surface area contributed by atoms with Crippen LogP contribution in [0.15, 0.2) is 53.7 Å². The van der Waals surface area contributed by atoms with Crippen molar-refractivity contribution in [1.82, 2.24) is 14.8 Å². The highest BCUT2D eigenvalue weighted by molar-refractivity contribution is 7.99. The van der Waals surface area contributed by atoms with Gasteiger partial charge in [-0.1, -0.05) is 36.0 Å². The summed E-state index contributed by atoms with van der Waals surface area (Å²) >= 11 is 1.31. The van der Waals surface area contributed by atoms with Crippen molar-refractivity contribution in [3.63, 3.8) is 0 Å². The smallest absolute Gasteiger partial charge is 0.234 e. The summed E-state index contributed by atoms with van der Waals surface area (Å²) in [4.78, 5) is 12.2. The first-order chi connectivity index (χ1) is 12.6. The average molecular weight is 369 g/mol. The van der Waals surface area contributed by atoms with Gasteiger partial charge in [0.2, 0.25) is 5.91 Å². The number of nitrogens with zero attached hydrogens (tertiary/aromatic N) is 3. The van der Waals surface area contributed by atoms with Crippen LogP contribution in [0, 0.1) is 0 Å². The molecule has 0 aliphatic rings. The summed E-state index contributed by atoms with van der Waals surface area (Å²) in [6, 6.07) is 14.7. The molecule has 3 N–H and O–H groups in total. The molecule has 0 atom stereocenters. The fraction of sp³-hybridized carbons (Fsp3) is 0.167. The van der Waals surface area contributed by atoms with E-state index in [2.05, 4.69) is 15.5 Å². The number of rotatable bonds is 6. The van der Waals surface area contributed by atoms with Crippen molar-refractivity contribution in [3.05, 3.63) is 48.5 Å². The number of amides is 1. The van der Waals surface area contributed by atoms with Gasteiger partial charge in [-0.05, 0) is 24.3 Å². The molecular weight excluding hydrogens is 350 g/mol. The number of hydrogen-bond acceptors (Lipinski definition) is 6. The van der Waals surface area contributed by atoms with Gasteiger partial charge in [0.1, 0.15) is 5.75 Å². The van der Waals surface area contributed by atoms with Gasteiger partial charge in [-0.15, -0.1) is 10.2 Å². The predicted molar refractivity (Wildman–Crippen MR) is 103 cm³/mol. The fourth-order valence-electron chi connectivity index (χ4n) is 2.43. The molecule has 134 valence electrons. The number of carbonyl (C=O) groups excluding carboxylic acids is 1. The van der Waals surface area contributed by atoms with E-state index in [9.17, 15) is 4.79 Å². The van der Waals surface area contributed by atoms with Crippen molar-refractivity contribution in [2.24, 2.45) is 7.05 Å². The number of para-hydroxylation sites is 2. The van der Waals surface area contributed by atoms with E-state index in [4.69, 9.17) is 10.5 Å². The third-order valence-electron chi connectivity index (χ3n) is 3.69. The maximum absolute atomic E-state index is 12.2. The van der Waals surface area contributed by atoms with Crippen LogP contribution in [0.4, 0.5) is 11.4 Å². The number of ether oxygens (including phenoxy) is 1. The van der Waals surface area contributed by atoms with Crippen LogP contribution in [0.1, 0.15) is 0 Å². The topological polar surface area (TPSA) is 95.1 Å². The zero-order valence-corrected chi connectivity index (χ0v) is 15.3. The molecule has 2 aromatic carbocycles. The van der Waals surface area contributed by atoms with Crippen LogP contribution in [-0.2, 0) is 11.8 Å². The molecule has 0 radical (unpaired) electrons. The molecule has 0 aliphatic heterocycles. The Morgan fingerprint density at radius 2 is 2.04 bits per heavy atom. The van der Waals surface area contributed by atoms with E-state index in [-0.39, 0.29) is 11.7 Å². The number of benzene rings is 2. The lowest BCUT2D eigenvalue weighted by molar-refractivity contribution is -0.113. The van der Waals surface area contributed by atoms with Crippen LogP contribution < -0.4 is 15.8 Å². The Hall–Kier alpha value is -3.00. The number of hydrogen-bond donors (Lipinski definition) is 2. The molecule has 0 fully saturated rings. The minimum atomic E-state index is -0.145. The van der Waals surface area contributed by atoms with Crippen molar-refractivity contribution in [2.75, 3.05) is 23.9 Å². The van der Waals surface area contributed by atoms with Gasteiger partial charge in [0, 0.05) is 18.3 Å². The molecule has 3 aromatic rings. The number of aromatic nitrogens is 3. The van der Waals surface area contributed by atoms with Crippen molar-refractivity contribution in [1.29, 1.82) is 0 Å². The van der Waals surface area contributed by atoms with Gasteiger partial charge in [0.25, 0.3) is 0 Å². The molecule has 26 heavy (non-hydrogen) atoms. The van der Waals surface area contributed by atoms with Crippen LogP contribution in [0.25, 0.3) is 11.4 Å². The van der Waals surface area contributed by atoms with Crippen LogP contribution in [0.2, 0.25) is 0 Å². The van der Waals surface area contributed by atoms with Crippen LogP contribution in [-0.4, -0.2) is 33.5 Å². The van der Waals surface area contributed by atoms with Crippen molar-refractivity contribution in [3.8, 4) is 17.1 Å². The van der Waals surface area contributed by atoms with Gasteiger partial charge in [0.15, 0.2) is 11.0 Å². The second kappa shape index (κ2) is 7.92. The van der Waals surface area contributed by atoms with Gasteiger partial charge >= 0.3 is 0 Å². The summed E-state index contributed by atoms with van der Waals surface area (Å²) in [6.45, 7) is 0. The fourth-order valence-corrected chi connectivity index (χ4v) is 3.15. The summed E-state index contributed by atoms with van der Waals surface area (Å²) in [5.41, 5.74) is 8.00. The van der Waals surface area contributed by atoms with E-state index in [1.807, 2.05) is 48.0 Å². The minimum Gasteiger partial charge on any atom is -0.495 e. The number of methoxy groups -OCH3 is 1. The zero-order valence-electron chi connectivity index (χ0n) is 14.5. The number of nitrogens with one attached hydrogen (secondary N) is 1. The van der Waals surface area contributed by atoms with Crippen LogP contribution in [0.5, 0.6) is 5.75 Å². The Morgan fingerprint density at radius 3 is 2.81 bits per heavy atom. The Kier molecular flexibility index (Phi) is 5.43. The second-order valence-corrected chi connectivity index (χ2v) is 6.47. The van der Waals surface area contributed by atoms with Crippen LogP contribution in [0.3, 0.4) is 0 Å². The van der Waals surface area contributed by atoms with Gasteiger partial charge in [-0.2, -0.15) is 0 Å². The predicted octanol–water partition coefficient (Wildman–Crippen LogP) is 2.80. The number of nitrogens with two attached hydrogens (primary N) is 1. The molecule has 7 nitrogen and oxygen atoms in total. The number of thioether (sulfide) groups is 1. The van der Waals surface area contributed by atoms with Crippen molar-refractivity contribution >= 4 is 29.0 Å². The molecule has 0 bridgehead atoms. The number of carbonyl (C=O) groups is 1. The monoisotopic (exact) mass is 369 g/mol. The molecule has 3 rings (SSSR count). The SMILES string of the molecule is COc1ccccc1NC(=O)CSc1nnc(-c2cccc(N)c2)n1C. The molecule has 1 heterocycles. The third kappa shape index (κ3) is 3.97. The Balaban J connectivity index is 1.66. The van der Waals surface area contributed by atoms with Crippen LogP contribution >= 0.6 is 11.8 Å². The van der Waals surface area contributed by atoms with Crippen molar-refractivity contribution < 1.29 is 9.53 Å². The first-order valence-corrected chi connectivity index (χ1v) is 8.88. The Labute approximate surface area is 155 Å². The van der Waals surface area contributed by atoms with Crippen molar-refractivity contribution in [2.45, 2.75) is 5.16 Å². The average Bonchev–Trinajstić information content (AvgIpc) is 3.01. The maximum Gasteiger partial charge on any atom is 0.234 e. The maximum atomic E-state index is 12.2. The molecule has 1 aromatic heterocycles. The third-order valence-corrected chi connectivity index (χ3v) is 4.71. The zero-order chi connectivity index (χ0) is 18.5. The first kappa shape index (κ1) is 17.8. The number of nitrogen functional groups attached to an aromatic ring is 1. The highest BCUT2D eigenvalue weighted by atomic mass is 32.2. The summed E-state index contributed by atoms with van der Waals surface area (Å²) < 4.78 is 7.07. The van der Waals surface area contributed by atoms with E-state index in [1.54, 1.807) is 19.2 Å². The van der Waals surface area contributed by atoms with Gasteiger partial charge in [-0.3, -0.25) is 4.79 Å². The highest BCUT2D eigenvalue weighted by Crippen LogP contribution is 2.25. The largest absolute Gasteiger partial charge is 0.495 e. The Morgan fingerprint density at radius 1 is 1.23 bits per heavy atom. The van der Waals surface area contributed by atoms with Gasteiger partial charge in [0.05, 0.1) is 18.6 Å². The van der Waals surface area contributed by atoms with Gasteiger partial charge < -0.3 is 20.4 Å². The summed E-state index contributed by atoms with van der Waals surface area (Å²) in [7, 11) is 3.43. The standard InChI is InChI=1S/C18H19N5O2S/c1-23-17(12-6-5-7-13(19)10-12)21-22-18(23)26-11-16(24)20-14-8-3-4-9-15(14)25-2/h3-10H,11,19H2,1-2H3,(H,20,24). The van der Waals surface area contributed by atoms with E-state index >= 15 is 0 Å². The Bertz CT molecular complexity index is 925. The van der Waals surface area contributed by atoms with E-state index < -0.39 is 0 Å². The lowest BCUT2D eigenvalue weighted by Gasteiger charge is -2.09. The molecular formula is C18H19N5O2S. The van der Waals surface area contributed by atoms with E-state index in [0.717, 1.165) is 5.56 Å². The summed E-state index contributed by atoms with van der Waals surface area (Å²) in [5, 5.41) is 11.9. The lowest BCUT2D eigenvalue weighted by atomic mass is 10.2. The molecule has 0 saturated heterocycles. The number of anilines is 2. The molecule has 0 spiro atoms. The lowest BCUT2D eigenvalue weighted by Crippen LogP contribution is -2.15. The molecule has 0 unspecified atom stereocenters.